The van der Waals surface area contributed by atoms with Crippen molar-refractivity contribution in [2.45, 2.75) is 24.0 Å². The summed E-state index contributed by atoms with van der Waals surface area (Å²) in [6, 6.07) is 10.3. The topological polar surface area (TPSA) is 66.5 Å². The molecule has 0 radical (unpaired) electrons. The van der Waals surface area contributed by atoms with Gasteiger partial charge in [0.15, 0.2) is 0 Å². The van der Waals surface area contributed by atoms with Gasteiger partial charge in [-0.05, 0) is 31.2 Å². The van der Waals surface area contributed by atoms with Gasteiger partial charge in [-0.1, -0.05) is 30.3 Å². The molecule has 146 valence electrons. The van der Waals surface area contributed by atoms with Crippen LogP contribution in [0.25, 0.3) is 0 Å². The van der Waals surface area contributed by atoms with E-state index in [0.717, 1.165) is 19.1 Å². The average Bonchev–Trinajstić information content (AvgIpc) is 2.60. The standard InChI is InChI=1S/C17H16F4N2O3S/c1-12(16(24)22-11-17(19,20)21)23(13-7-3-2-4-8-13)27(25,26)15-10-6-5-9-14(15)18/h2-10,12H,11H2,1H3,(H,22,24). The van der Waals surface area contributed by atoms with Crippen LogP contribution in [0.2, 0.25) is 0 Å². The molecule has 0 bridgehead atoms. The normalized spacial score (nSPS) is 13.1. The fourth-order valence-electron chi connectivity index (χ4n) is 2.35. The third kappa shape index (κ3) is 4.97. The van der Waals surface area contributed by atoms with Crippen LogP contribution < -0.4 is 9.62 Å². The Bertz CT molecular complexity index is 902. The van der Waals surface area contributed by atoms with Gasteiger partial charge >= 0.3 is 6.18 Å². The van der Waals surface area contributed by atoms with E-state index in [1.54, 1.807) is 11.4 Å². The molecule has 5 nitrogen and oxygen atoms in total. The van der Waals surface area contributed by atoms with Gasteiger partial charge in [-0.3, -0.25) is 9.10 Å². The molecule has 27 heavy (non-hydrogen) atoms. The number of carbonyl (C=O) groups excluding carboxylic acids is 1. The minimum atomic E-state index is -4.66. The molecule has 2 aromatic carbocycles. The predicted octanol–water partition coefficient (Wildman–Crippen LogP) is 3.09. The first kappa shape index (κ1) is 20.7. The Morgan fingerprint density at radius 1 is 1.07 bits per heavy atom. The highest BCUT2D eigenvalue weighted by molar-refractivity contribution is 7.93. The van der Waals surface area contributed by atoms with Gasteiger partial charge in [-0.25, -0.2) is 12.8 Å². The molecular formula is C17H16F4N2O3S. The molecule has 10 heteroatoms. The fourth-order valence-corrected chi connectivity index (χ4v) is 4.04. The molecule has 0 spiro atoms. The number of amides is 1. The Morgan fingerprint density at radius 2 is 1.63 bits per heavy atom. The summed E-state index contributed by atoms with van der Waals surface area (Å²) in [5.41, 5.74) is 0.00964. The van der Waals surface area contributed by atoms with E-state index in [-0.39, 0.29) is 5.69 Å². The Kier molecular flexibility index (Phi) is 6.09. The lowest BCUT2D eigenvalue weighted by atomic mass is 10.2. The molecule has 2 aromatic rings. The quantitative estimate of drug-likeness (QED) is 0.753. The molecule has 0 aliphatic carbocycles. The molecule has 1 amide bonds. The van der Waals surface area contributed by atoms with Crippen LogP contribution in [0.3, 0.4) is 0 Å². The zero-order valence-corrected chi connectivity index (χ0v) is 14.9. The van der Waals surface area contributed by atoms with Crippen molar-refractivity contribution < 1.29 is 30.8 Å². The second kappa shape index (κ2) is 7.95. The summed E-state index contributed by atoms with van der Waals surface area (Å²) in [4.78, 5) is 11.5. The van der Waals surface area contributed by atoms with Crippen LogP contribution in [0, 0.1) is 5.82 Å². The first-order valence-electron chi connectivity index (χ1n) is 7.72. The highest BCUT2D eigenvalue weighted by Gasteiger charge is 2.36. The van der Waals surface area contributed by atoms with Crippen molar-refractivity contribution in [3.05, 3.63) is 60.4 Å². The van der Waals surface area contributed by atoms with Gasteiger partial charge in [0.1, 0.15) is 23.3 Å². The number of carbonyl (C=O) groups is 1. The van der Waals surface area contributed by atoms with Gasteiger partial charge in [0.05, 0.1) is 5.69 Å². The number of nitrogens with zero attached hydrogens (tertiary/aromatic N) is 1. The molecule has 0 aromatic heterocycles. The van der Waals surface area contributed by atoms with Gasteiger partial charge in [-0.15, -0.1) is 0 Å². The number of halogens is 4. The van der Waals surface area contributed by atoms with Crippen molar-refractivity contribution in [3.8, 4) is 0 Å². The minimum Gasteiger partial charge on any atom is -0.345 e. The first-order chi connectivity index (χ1) is 12.5. The first-order valence-corrected chi connectivity index (χ1v) is 9.16. The number of anilines is 1. The number of hydrogen-bond donors (Lipinski definition) is 1. The molecule has 2 rings (SSSR count). The monoisotopic (exact) mass is 404 g/mol. The maximum absolute atomic E-state index is 14.1. The molecule has 1 N–H and O–H groups in total. The number of sulfonamides is 1. The molecule has 1 atom stereocenters. The van der Waals surface area contributed by atoms with Crippen LogP contribution in [0.4, 0.5) is 23.2 Å². The Hall–Kier alpha value is -2.62. The second-order valence-electron chi connectivity index (χ2n) is 5.58. The summed E-state index contributed by atoms with van der Waals surface area (Å²) < 4.78 is 77.7. The van der Waals surface area contributed by atoms with Gasteiger partial charge in [0.2, 0.25) is 5.91 Å². The second-order valence-corrected chi connectivity index (χ2v) is 7.36. The molecule has 0 heterocycles. The molecule has 0 saturated heterocycles. The number of nitrogens with one attached hydrogen (secondary N) is 1. The summed E-state index contributed by atoms with van der Waals surface area (Å²) >= 11 is 0. The van der Waals surface area contributed by atoms with Crippen LogP contribution in [0.1, 0.15) is 6.92 Å². The van der Waals surface area contributed by atoms with Crippen molar-refractivity contribution in [2.24, 2.45) is 0 Å². The molecule has 0 saturated carbocycles. The van der Waals surface area contributed by atoms with Crippen LogP contribution in [0.15, 0.2) is 59.5 Å². The Morgan fingerprint density at radius 3 is 2.19 bits per heavy atom. The number of benzene rings is 2. The lowest BCUT2D eigenvalue weighted by Crippen LogP contribution is -2.50. The fraction of sp³-hybridized carbons (Fsp3) is 0.235. The van der Waals surface area contributed by atoms with E-state index in [4.69, 9.17) is 0 Å². The highest BCUT2D eigenvalue weighted by atomic mass is 32.2. The van der Waals surface area contributed by atoms with Crippen molar-refractivity contribution in [2.75, 3.05) is 10.8 Å². The van der Waals surface area contributed by atoms with Crippen molar-refractivity contribution >= 4 is 21.6 Å². The SMILES string of the molecule is CC(C(=O)NCC(F)(F)F)N(c1ccccc1)S(=O)(=O)c1ccccc1F. The zero-order valence-electron chi connectivity index (χ0n) is 14.1. The largest absolute Gasteiger partial charge is 0.405 e. The van der Waals surface area contributed by atoms with Gasteiger partial charge in [-0.2, -0.15) is 13.2 Å². The van der Waals surface area contributed by atoms with Crippen LogP contribution >= 0.6 is 0 Å². The van der Waals surface area contributed by atoms with Crippen molar-refractivity contribution in [1.29, 1.82) is 0 Å². The van der Waals surface area contributed by atoms with E-state index in [1.165, 1.54) is 36.4 Å². The summed E-state index contributed by atoms with van der Waals surface area (Å²) in [5, 5.41) is 1.65. The lowest BCUT2D eigenvalue weighted by molar-refractivity contribution is -0.138. The van der Waals surface area contributed by atoms with E-state index in [2.05, 4.69) is 0 Å². The zero-order chi connectivity index (χ0) is 20.2. The molecule has 1 unspecified atom stereocenters. The van der Waals surface area contributed by atoms with Crippen LogP contribution in [-0.2, 0) is 14.8 Å². The number of para-hydroxylation sites is 1. The van der Waals surface area contributed by atoms with E-state index in [1.807, 2.05) is 0 Å². The highest BCUT2D eigenvalue weighted by Crippen LogP contribution is 2.27. The Balaban J connectivity index is 2.47. The Labute approximate surface area is 153 Å². The number of alkyl halides is 3. The number of rotatable bonds is 6. The van der Waals surface area contributed by atoms with Gasteiger partial charge < -0.3 is 5.32 Å². The van der Waals surface area contributed by atoms with E-state index < -0.39 is 45.4 Å². The van der Waals surface area contributed by atoms with Gasteiger partial charge in [0, 0.05) is 0 Å². The molecule has 0 aliphatic rings. The third-order valence-electron chi connectivity index (χ3n) is 3.58. The predicted molar refractivity (Wildman–Crippen MR) is 91.0 cm³/mol. The van der Waals surface area contributed by atoms with Crippen LogP contribution in [0.5, 0.6) is 0 Å². The van der Waals surface area contributed by atoms with E-state index in [9.17, 15) is 30.8 Å². The number of hydrogen-bond acceptors (Lipinski definition) is 3. The summed E-state index contributed by atoms with van der Waals surface area (Å²) in [5.74, 6) is -2.21. The van der Waals surface area contributed by atoms with Crippen molar-refractivity contribution in [1.82, 2.24) is 5.32 Å². The van der Waals surface area contributed by atoms with Crippen molar-refractivity contribution in [3.63, 3.8) is 0 Å². The third-order valence-corrected chi connectivity index (χ3v) is 5.51. The average molecular weight is 404 g/mol. The molecule has 0 aliphatic heterocycles. The van der Waals surface area contributed by atoms with E-state index in [0.29, 0.717) is 4.31 Å². The summed E-state index contributed by atoms with van der Waals surface area (Å²) in [6.45, 7) is -0.490. The molecule has 0 fully saturated rings. The maximum atomic E-state index is 14.1. The van der Waals surface area contributed by atoms with E-state index >= 15 is 0 Å². The summed E-state index contributed by atoms with van der Waals surface area (Å²) in [7, 11) is -4.57. The summed E-state index contributed by atoms with van der Waals surface area (Å²) in [6.07, 6.45) is -4.66. The van der Waals surface area contributed by atoms with Crippen LogP contribution in [-0.4, -0.2) is 33.1 Å². The minimum absolute atomic E-state index is 0.00964. The van der Waals surface area contributed by atoms with Gasteiger partial charge in [0.25, 0.3) is 10.0 Å². The smallest absolute Gasteiger partial charge is 0.345 e. The molecular weight excluding hydrogens is 388 g/mol. The lowest BCUT2D eigenvalue weighted by Gasteiger charge is -2.30. The maximum Gasteiger partial charge on any atom is 0.405 e.